The molecule has 1 aromatic rings. The Morgan fingerprint density at radius 2 is 1.81 bits per heavy atom. The Bertz CT molecular complexity index is 610. The Labute approximate surface area is 124 Å². The van der Waals surface area contributed by atoms with Crippen molar-refractivity contribution in [1.82, 2.24) is 4.90 Å². The van der Waals surface area contributed by atoms with Crippen molar-refractivity contribution in [1.29, 1.82) is 5.26 Å². The molecule has 3 N–H and O–H groups in total. The minimum atomic E-state index is -1.36. The maximum atomic E-state index is 11.9. The molecule has 0 fully saturated rings. The number of aliphatic carboxylic acids is 2. The molecule has 2 amide bonds. The van der Waals surface area contributed by atoms with Gasteiger partial charge in [-0.2, -0.15) is 5.26 Å². The third kappa shape index (κ3) is 5.00. The average molecular weight is 312 g/mol. The van der Waals surface area contributed by atoms with Crippen LogP contribution in [0.2, 0.25) is 5.02 Å². The van der Waals surface area contributed by atoms with E-state index in [1.165, 1.54) is 18.2 Å². The van der Waals surface area contributed by atoms with Gasteiger partial charge in [-0.1, -0.05) is 11.6 Å². The number of halogens is 1. The molecule has 21 heavy (non-hydrogen) atoms. The van der Waals surface area contributed by atoms with Crippen LogP contribution in [0.25, 0.3) is 0 Å². The summed E-state index contributed by atoms with van der Waals surface area (Å²) in [6, 6.07) is 4.99. The Hall–Kier alpha value is -2.79. The average Bonchev–Trinajstić information content (AvgIpc) is 2.37. The highest BCUT2D eigenvalue weighted by atomic mass is 35.5. The molecule has 0 saturated heterocycles. The number of hydrogen-bond donors (Lipinski definition) is 3. The van der Waals surface area contributed by atoms with E-state index in [1.54, 1.807) is 0 Å². The Balaban J connectivity index is 2.96. The van der Waals surface area contributed by atoms with Crippen LogP contribution in [0, 0.1) is 11.3 Å². The minimum absolute atomic E-state index is 0.0655. The summed E-state index contributed by atoms with van der Waals surface area (Å²) in [5, 5.41) is 28.8. The van der Waals surface area contributed by atoms with Gasteiger partial charge < -0.3 is 20.4 Å². The lowest BCUT2D eigenvalue weighted by Crippen LogP contribution is -2.42. The number of nitrogens with zero attached hydrogens (tertiary/aromatic N) is 2. The molecule has 1 aromatic carbocycles. The fourth-order valence-corrected chi connectivity index (χ4v) is 1.61. The molecule has 0 radical (unpaired) electrons. The van der Waals surface area contributed by atoms with Gasteiger partial charge in [0.2, 0.25) is 0 Å². The molecule has 0 bridgehead atoms. The van der Waals surface area contributed by atoms with Gasteiger partial charge in [0.15, 0.2) is 0 Å². The number of urea groups is 1. The maximum absolute atomic E-state index is 11.9. The number of benzene rings is 1. The molecule has 0 aliphatic heterocycles. The number of nitriles is 1. The number of hydrogen-bond acceptors (Lipinski definition) is 4. The molecular formula is C12H10ClN3O5. The van der Waals surface area contributed by atoms with Gasteiger partial charge in [0.1, 0.15) is 19.2 Å². The topological polar surface area (TPSA) is 131 Å². The molecule has 8 nitrogen and oxygen atoms in total. The summed E-state index contributed by atoms with van der Waals surface area (Å²) in [7, 11) is 0. The van der Waals surface area contributed by atoms with Crippen LogP contribution in [0.15, 0.2) is 18.2 Å². The van der Waals surface area contributed by atoms with Gasteiger partial charge in [-0.15, -0.1) is 0 Å². The summed E-state index contributed by atoms with van der Waals surface area (Å²) < 4.78 is 0. The maximum Gasteiger partial charge on any atom is 0.323 e. The van der Waals surface area contributed by atoms with Crippen LogP contribution >= 0.6 is 11.6 Å². The first kappa shape index (κ1) is 16.3. The molecule has 0 aliphatic carbocycles. The first-order valence-electron chi connectivity index (χ1n) is 5.52. The van der Waals surface area contributed by atoms with E-state index in [-0.39, 0.29) is 16.3 Å². The fraction of sp³-hybridized carbons (Fsp3) is 0.167. The third-order valence-corrected chi connectivity index (χ3v) is 2.52. The number of nitrogens with one attached hydrogen (secondary N) is 1. The summed E-state index contributed by atoms with van der Waals surface area (Å²) in [4.78, 5) is 33.7. The number of anilines is 1. The van der Waals surface area contributed by atoms with Crippen LogP contribution in [-0.2, 0) is 9.59 Å². The fourth-order valence-electron chi connectivity index (χ4n) is 1.44. The second kappa shape index (κ2) is 7.12. The van der Waals surface area contributed by atoms with Crippen molar-refractivity contribution < 1.29 is 24.6 Å². The number of carbonyl (C=O) groups is 3. The van der Waals surface area contributed by atoms with Gasteiger partial charge in [0.05, 0.1) is 11.3 Å². The summed E-state index contributed by atoms with van der Waals surface area (Å²) in [6.45, 7) is -1.58. The second-order valence-electron chi connectivity index (χ2n) is 3.88. The smallest absolute Gasteiger partial charge is 0.323 e. The number of carboxylic acids is 2. The summed E-state index contributed by atoms with van der Waals surface area (Å²) in [6.07, 6.45) is 0. The van der Waals surface area contributed by atoms with Gasteiger partial charge in [-0.05, 0) is 18.2 Å². The minimum Gasteiger partial charge on any atom is -0.480 e. The van der Waals surface area contributed by atoms with E-state index in [9.17, 15) is 14.4 Å². The van der Waals surface area contributed by atoms with Gasteiger partial charge >= 0.3 is 18.0 Å². The van der Waals surface area contributed by atoms with Gasteiger partial charge in [0.25, 0.3) is 0 Å². The summed E-state index contributed by atoms with van der Waals surface area (Å²) in [5.41, 5.74) is 0.175. The third-order valence-electron chi connectivity index (χ3n) is 2.28. The lowest BCUT2D eigenvalue weighted by atomic mass is 10.2. The van der Waals surface area contributed by atoms with Gasteiger partial charge in [-0.3, -0.25) is 9.59 Å². The molecule has 0 unspecified atom stereocenters. The Kier molecular flexibility index (Phi) is 5.51. The van der Waals surface area contributed by atoms with Crippen molar-refractivity contribution in [3.8, 4) is 6.07 Å². The van der Waals surface area contributed by atoms with Crippen molar-refractivity contribution in [3.05, 3.63) is 28.8 Å². The summed E-state index contributed by atoms with van der Waals surface area (Å²) >= 11 is 5.74. The molecule has 9 heteroatoms. The lowest BCUT2D eigenvalue weighted by Gasteiger charge is -2.19. The predicted molar refractivity (Wildman–Crippen MR) is 72.0 cm³/mol. The van der Waals surface area contributed by atoms with E-state index in [0.29, 0.717) is 4.90 Å². The van der Waals surface area contributed by atoms with Crippen LogP contribution in [0.5, 0.6) is 0 Å². The van der Waals surface area contributed by atoms with Crippen molar-refractivity contribution in [2.75, 3.05) is 18.4 Å². The molecule has 0 aromatic heterocycles. The van der Waals surface area contributed by atoms with E-state index < -0.39 is 31.1 Å². The van der Waals surface area contributed by atoms with Crippen LogP contribution in [0.3, 0.4) is 0 Å². The van der Waals surface area contributed by atoms with Crippen LogP contribution in [0.4, 0.5) is 10.5 Å². The Morgan fingerprint density at radius 3 is 2.29 bits per heavy atom. The quantitative estimate of drug-likeness (QED) is 0.749. The number of carboxylic acid groups (broad SMARTS) is 2. The van der Waals surface area contributed by atoms with Crippen LogP contribution in [-0.4, -0.2) is 46.2 Å². The SMILES string of the molecule is N#Cc1ccc(Cl)cc1NC(=O)N(CC(=O)O)CC(=O)O. The van der Waals surface area contributed by atoms with Gasteiger partial charge in [0, 0.05) is 5.02 Å². The van der Waals surface area contributed by atoms with Crippen LogP contribution < -0.4 is 5.32 Å². The van der Waals surface area contributed by atoms with E-state index >= 15 is 0 Å². The first-order chi connectivity index (χ1) is 9.83. The number of amides is 2. The van der Waals surface area contributed by atoms with Crippen molar-refractivity contribution in [3.63, 3.8) is 0 Å². The molecule has 0 spiro atoms. The van der Waals surface area contributed by atoms with Crippen molar-refractivity contribution >= 4 is 35.3 Å². The number of carbonyl (C=O) groups excluding carboxylic acids is 1. The highest BCUT2D eigenvalue weighted by Gasteiger charge is 2.20. The lowest BCUT2D eigenvalue weighted by molar-refractivity contribution is -0.140. The van der Waals surface area contributed by atoms with E-state index in [2.05, 4.69) is 5.32 Å². The second-order valence-corrected chi connectivity index (χ2v) is 4.31. The van der Waals surface area contributed by atoms with Gasteiger partial charge in [-0.25, -0.2) is 4.79 Å². The van der Waals surface area contributed by atoms with Crippen molar-refractivity contribution in [2.24, 2.45) is 0 Å². The molecule has 1 rings (SSSR count). The summed E-state index contributed by atoms with van der Waals surface area (Å²) in [5.74, 6) is -2.73. The number of rotatable bonds is 5. The molecule has 110 valence electrons. The van der Waals surface area contributed by atoms with Crippen molar-refractivity contribution in [2.45, 2.75) is 0 Å². The standard InChI is InChI=1S/C12H10ClN3O5/c13-8-2-1-7(4-14)9(3-8)15-12(21)16(5-10(17)18)6-11(19)20/h1-3H,5-6H2,(H,15,21)(H,17,18)(H,19,20). The zero-order valence-electron chi connectivity index (χ0n) is 10.5. The Morgan fingerprint density at radius 1 is 1.24 bits per heavy atom. The predicted octanol–water partition coefficient (Wildman–Crippen LogP) is 1.21. The molecular weight excluding hydrogens is 302 g/mol. The zero-order valence-corrected chi connectivity index (χ0v) is 11.3. The molecule has 0 saturated carbocycles. The van der Waals surface area contributed by atoms with E-state index in [4.69, 9.17) is 27.1 Å². The van der Waals surface area contributed by atoms with E-state index in [1.807, 2.05) is 6.07 Å². The van der Waals surface area contributed by atoms with Crippen LogP contribution in [0.1, 0.15) is 5.56 Å². The highest BCUT2D eigenvalue weighted by Crippen LogP contribution is 2.20. The monoisotopic (exact) mass is 311 g/mol. The molecule has 0 aliphatic rings. The van der Waals surface area contributed by atoms with E-state index in [0.717, 1.165) is 0 Å². The molecule has 0 heterocycles. The largest absolute Gasteiger partial charge is 0.480 e. The first-order valence-corrected chi connectivity index (χ1v) is 5.90. The zero-order chi connectivity index (χ0) is 16.0. The molecule has 0 atom stereocenters. The normalized spacial score (nSPS) is 9.52. The highest BCUT2D eigenvalue weighted by molar-refractivity contribution is 6.31.